The van der Waals surface area contributed by atoms with Crippen LogP contribution in [0.5, 0.6) is 0 Å². The van der Waals surface area contributed by atoms with Crippen LogP contribution in [-0.2, 0) is 19.9 Å². The van der Waals surface area contributed by atoms with Gasteiger partial charge >= 0.3 is 10.3 Å². The molecular weight excluding hydrogens is 250 g/mol. The lowest BCUT2D eigenvalue weighted by Crippen LogP contribution is -2.71. The number of nitrogens with zero attached hydrogens (tertiary/aromatic N) is 2. The second kappa shape index (κ2) is 3.65. The molecule has 0 aromatic rings. The smallest absolute Gasteiger partial charge is 0.327 e. The van der Waals surface area contributed by atoms with Crippen molar-refractivity contribution >= 4 is 22.1 Å². The van der Waals surface area contributed by atoms with E-state index in [-0.39, 0.29) is 24.9 Å². The second-order valence-corrected chi connectivity index (χ2v) is 5.60. The molecule has 0 saturated carbocycles. The van der Waals surface area contributed by atoms with Crippen molar-refractivity contribution in [2.24, 2.45) is 5.73 Å². The summed E-state index contributed by atoms with van der Waals surface area (Å²) >= 11 is 0. The predicted octanol–water partition coefficient (Wildman–Crippen LogP) is -2.05. The van der Waals surface area contributed by atoms with Gasteiger partial charge in [-0.1, -0.05) is 0 Å². The van der Waals surface area contributed by atoms with Gasteiger partial charge in [0.2, 0.25) is 5.91 Å². The minimum absolute atomic E-state index is 0.155. The zero-order valence-corrected chi connectivity index (χ0v) is 9.92. The Labute approximate surface area is 98.2 Å². The van der Waals surface area contributed by atoms with E-state index in [9.17, 15) is 18.0 Å². The monoisotopic (exact) mass is 263 g/mol. The molecule has 3 atom stereocenters. The molecule has 96 valence electrons. The number of rotatable bonds is 2. The SMILES string of the molecule is C[C@H]1[C@H](N2CC(N)CC2=O)C(=O)N1S(=O)(=O)O. The lowest BCUT2D eigenvalue weighted by atomic mass is 9.99. The third-order valence-electron chi connectivity index (χ3n) is 3.07. The molecule has 2 saturated heterocycles. The van der Waals surface area contributed by atoms with E-state index in [1.165, 1.54) is 11.8 Å². The number of likely N-dealkylation sites (tertiary alicyclic amines) is 1. The highest BCUT2D eigenvalue weighted by Crippen LogP contribution is 2.30. The molecule has 0 bridgehead atoms. The number of hydrogen-bond donors (Lipinski definition) is 2. The quantitative estimate of drug-likeness (QED) is 0.437. The Hall–Kier alpha value is -1.19. The minimum atomic E-state index is -4.54. The first-order chi connectivity index (χ1) is 7.73. The molecule has 9 heteroatoms. The standard InChI is InChI=1S/C8H13N3O5S/c1-4-7(8(13)11(4)17(14,15)16)10-3-5(9)2-6(10)12/h4-5,7H,2-3,9H2,1H3,(H,14,15,16)/t4-,5?,7-/m0/s1. The van der Waals surface area contributed by atoms with Gasteiger partial charge < -0.3 is 10.6 Å². The fourth-order valence-electron chi connectivity index (χ4n) is 2.33. The Kier molecular flexibility index (Phi) is 2.64. The number of hydrogen-bond acceptors (Lipinski definition) is 5. The Morgan fingerprint density at radius 2 is 2.00 bits per heavy atom. The average molecular weight is 263 g/mol. The molecule has 2 amide bonds. The van der Waals surface area contributed by atoms with E-state index in [1.54, 1.807) is 0 Å². The second-order valence-electron chi connectivity index (χ2n) is 4.31. The predicted molar refractivity (Wildman–Crippen MR) is 56.0 cm³/mol. The van der Waals surface area contributed by atoms with Crippen molar-refractivity contribution in [2.45, 2.75) is 31.5 Å². The van der Waals surface area contributed by atoms with Gasteiger partial charge in [-0.15, -0.1) is 0 Å². The maximum absolute atomic E-state index is 11.6. The van der Waals surface area contributed by atoms with Crippen LogP contribution in [0.3, 0.4) is 0 Å². The van der Waals surface area contributed by atoms with Crippen molar-refractivity contribution in [1.29, 1.82) is 0 Å². The van der Waals surface area contributed by atoms with Gasteiger partial charge in [-0.05, 0) is 6.92 Å². The molecule has 2 fully saturated rings. The molecule has 8 nitrogen and oxygen atoms in total. The van der Waals surface area contributed by atoms with Gasteiger partial charge in [0.15, 0.2) is 0 Å². The van der Waals surface area contributed by atoms with E-state index in [0.29, 0.717) is 4.31 Å². The molecule has 0 aliphatic carbocycles. The zero-order valence-electron chi connectivity index (χ0n) is 9.11. The third-order valence-corrected chi connectivity index (χ3v) is 4.08. The van der Waals surface area contributed by atoms with Crippen LogP contribution in [0.4, 0.5) is 0 Å². The summed E-state index contributed by atoms with van der Waals surface area (Å²) < 4.78 is 30.9. The first-order valence-electron chi connectivity index (χ1n) is 5.09. The third kappa shape index (κ3) is 1.79. The summed E-state index contributed by atoms with van der Waals surface area (Å²) in [6.07, 6.45) is 0.155. The van der Waals surface area contributed by atoms with Crippen molar-refractivity contribution in [1.82, 2.24) is 9.21 Å². The molecule has 0 spiro atoms. The zero-order chi connectivity index (χ0) is 13.0. The number of carbonyl (C=O) groups is 2. The number of carbonyl (C=O) groups excluding carboxylic acids is 2. The molecule has 1 unspecified atom stereocenters. The van der Waals surface area contributed by atoms with Crippen molar-refractivity contribution in [3.63, 3.8) is 0 Å². The molecule has 0 radical (unpaired) electrons. The van der Waals surface area contributed by atoms with Gasteiger partial charge in [0, 0.05) is 19.0 Å². The molecule has 17 heavy (non-hydrogen) atoms. The van der Waals surface area contributed by atoms with Crippen LogP contribution in [0.2, 0.25) is 0 Å². The van der Waals surface area contributed by atoms with Crippen LogP contribution in [0.1, 0.15) is 13.3 Å². The van der Waals surface area contributed by atoms with E-state index in [0.717, 1.165) is 0 Å². The highest BCUT2D eigenvalue weighted by Gasteiger charge is 2.55. The number of amides is 2. The first-order valence-corrected chi connectivity index (χ1v) is 6.49. The summed E-state index contributed by atoms with van der Waals surface area (Å²) in [5.74, 6) is -1.06. The molecule has 2 rings (SSSR count). The van der Waals surface area contributed by atoms with E-state index in [2.05, 4.69) is 0 Å². The Bertz CT molecular complexity index is 476. The van der Waals surface area contributed by atoms with Gasteiger partial charge in [-0.25, -0.2) is 4.31 Å². The van der Waals surface area contributed by atoms with E-state index < -0.39 is 28.3 Å². The van der Waals surface area contributed by atoms with Crippen LogP contribution in [-0.4, -0.2) is 58.7 Å². The summed E-state index contributed by atoms with van der Waals surface area (Å²) in [7, 11) is -4.54. The van der Waals surface area contributed by atoms with Crippen molar-refractivity contribution in [3.05, 3.63) is 0 Å². The summed E-state index contributed by atoms with van der Waals surface area (Å²) in [6, 6.07) is -1.92. The van der Waals surface area contributed by atoms with Crippen LogP contribution in [0.25, 0.3) is 0 Å². The Balaban J connectivity index is 2.17. The fraction of sp³-hybridized carbons (Fsp3) is 0.750. The highest BCUT2D eigenvalue weighted by atomic mass is 32.2. The van der Waals surface area contributed by atoms with Gasteiger partial charge in [-0.3, -0.25) is 14.1 Å². The van der Waals surface area contributed by atoms with Gasteiger partial charge in [0.1, 0.15) is 6.04 Å². The highest BCUT2D eigenvalue weighted by molar-refractivity contribution is 7.84. The largest absolute Gasteiger partial charge is 0.362 e. The molecule has 3 N–H and O–H groups in total. The van der Waals surface area contributed by atoms with Crippen LogP contribution in [0, 0.1) is 0 Å². The Morgan fingerprint density at radius 3 is 2.35 bits per heavy atom. The maximum Gasteiger partial charge on any atom is 0.362 e. The van der Waals surface area contributed by atoms with E-state index in [1.807, 2.05) is 0 Å². The van der Waals surface area contributed by atoms with Crippen molar-refractivity contribution in [2.75, 3.05) is 6.54 Å². The number of nitrogens with two attached hydrogens (primary N) is 1. The summed E-state index contributed by atoms with van der Waals surface area (Å²) in [4.78, 5) is 24.4. The molecule has 2 heterocycles. The summed E-state index contributed by atoms with van der Waals surface area (Å²) in [5, 5.41) is 0. The van der Waals surface area contributed by atoms with Gasteiger partial charge in [-0.2, -0.15) is 8.42 Å². The van der Waals surface area contributed by atoms with Crippen LogP contribution < -0.4 is 5.73 Å². The van der Waals surface area contributed by atoms with Gasteiger partial charge in [0.25, 0.3) is 5.91 Å². The normalized spacial score (nSPS) is 34.2. The summed E-state index contributed by atoms with van der Waals surface area (Å²) in [6.45, 7) is 1.69. The van der Waals surface area contributed by atoms with Gasteiger partial charge in [0.05, 0.1) is 6.04 Å². The lowest BCUT2D eigenvalue weighted by Gasteiger charge is -2.46. The minimum Gasteiger partial charge on any atom is -0.327 e. The van der Waals surface area contributed by atoms with Crippen molar-refractivity contribution < 1.29 is 22.6 Å². The Morgan fingerprint density at radius 1 is 1.41 bits per heavy atom. The molecule has 2 aliphatic rings. The lowest BCUT2D eigenvalue weighted by molar-refractivity contribution is -0.154. The maximum atomic E-state index is 11.6. The van der Waals surface area contributed by atoms with E-state index >= 15 is 0 Å². The molecule has 0 aromatic carbocycles. The number of β-lactam (4-membered cyclic amide) rings is 1. The first kappa shape index (κ1) is 12.3. The van der Waals surface area contributed by atoms with Crippen LogP contribution in [0.15, 0.2) is 0 Å². The average Bonchev–Trinajstić information content (AvgIpc) is 2.43. The molecule has 2 aliphatic heterocycles. The van der Waals surface area contributed by atoms with Crippen molar-refractivity contribution in [3.8, 4) is 0 Å². The molecule has 0 aromatic heterocycles. The molecular formula is C8H13N3O5S. The topological polar surface area (TPSA) is 121 Å². The summed E-state index contributed by atoms with van der Waals surface area (Å²) in [5.41, 5.74) is 5.59. The van der Waals surface area contributed by atoms with Crippen LogP contribution >= 0.6 is 0 Å². The fourth-order valence-corrected chi connectivity index (χ4v) is 3.20. The van der Waals surface area contributed by atoms with E-state index in [4.69, 9.17) is 10.3 Å².